The Labute approximate surface area is 207 Å². The minimum atomic E-state index is -0.642. The predicted octanol–water partition coefficient (Wildman–Crippen LogP) is 3.27. The molecule has 1 aromatic carbocycles. The summed E-state index contributed by atoms with van der Waals surface area (Å²) in [4.78, 5) is 34.5. The van der Waals surface area contributed by atoms with E-state index < -0.39 is 17.7 Å². The molecular formula is C26H36N6O3. The Kier molecular flexibility index (Phi) is 7.16. The number of anilines is 2. The van der Waals surface area contributed by atoms with Crippen molar-refractivity contribution in [2.75, 3.05) is 37.3 Å². The van der Waals surface area contributed by atoms with Gasteiger partial charge in [0, 0.05) is 50.5 Å². The lowest BCUT2D eigenvalue weighted by atomic mass is 10.0. The number of ether oxygens (including phenoxy) is 1. The molecule has 9 nitrogen and oxygen atoms in total. The maximum Gasteiger partial charge on any atom is 0.411 e. The molecule has 0 spiro atoms. The number of para-hydroxylation sites is 1. The highest BCUT2D eigenvalue weighted by Gasteiger charge is 2.42. The topological polar surface area (TPSA) is 113 Å². The first-order valence-corrected chi connectivity index (χ1v) is 12.2. The van der Waals surface area contributed by atoms with Crippen LogP contribution in [0.1, 0.15) is 39.2 Å². The molecule has 4 rings (SSSR count). The van der Waals surface area contributed by atoms with E-state index in [2.05, 4.69) is 10.6 Å². The molecule has 4 bridgehead atoms. The Bertz CT molecular complexity index is 1080. The van der Waals surface area contributed by atoms with Crippen LogP contribution in [-0.2, 0) is 16.1 Å². The summed E-state index contributed by atoms with van der Waals surface area (Å²) in [6.07, 6.45) is 0.760. The maximum atomic E-state index is 13.4. The number of rotatable bonds is 1. The molecule has 1 saturated heterocycles. The SMILES string of the molecule is CN1CCCNc2c(CN)cccc2-c2cccc(n2)NC2CC(C1=O)N(C(=O)OC(C)(C)C)C2. The fraction of sp³-hybridized carbons (Fsp3) is 0.500. The van der Waals surface area contributed by atoms with Crippen molar-refractivity contribution in [2.45, 2.75) is 57.8 Å². The van der Waals surface area contributed by atoms with Gasteiger partial charge < -0.3 is 26.0 Å². The molecule has 35 heavy (non-hydrogen) atoms. The number of hydrogen-bond acceptors (Lipinski definition) is 7. The number of carbonyl (C=O) groups excluding carboxylic acids is 2. The van der Waals surface area contributed by atoms with Crippen LogP contribution in [0.2, 0.25) is 0 Å². The van der Waals surface area contributed by atoms with E-state index in [1.54, 1.807) is 16.8 Å². The van der Waals surface area contributed by atoms with E-state index in [4.69, 9.17) is 15.5 Å². The summed E-state index contributed by atoms with van der Waals surface area (Å²) in [6, 6.07) is 11.2. The van der Waals surface area contributed by atoms with Crippen molar-refractivity contribution in [2.24, 2.45) is 5.73 Å². The molecule has 0 saturated carbocycles. The van der Waals surface area contributed by atoms with Crippen LogP contribution in [0.5, 0.6) is 0 Å². The van der Waals surface area contributed by atoms with Crippen LogP contribution in [0, 0.1) is 0 Å². The van der Waals surface area contributed by atoms with Gasteiger partial charge in [-0.25, -0.2) is 9.78 Å². The van der Waals surface area contributed by atoms with E-state index >= 15 is 0 Å². The zero-order chi connectivity index (χ0) is 25.2. The van der Waals surface area contributed by atoms with Gasteiger partial charge in [-0.1, -0.05) is 24.3 Å². The van der Waals surface area contributed by atoms with E-state index in [0.717, 1.165) is 28.9 Å². The summed E-state index contributed by atoms with van der Waals surface area (Å²) in [5, 5.41) is 6.97. The Balaban J connectivity index is 1.68. The summed E-state index contributed by atoms with van der Waals surface area (Å²) in [5.74, 6) is 0.608. The number of carbonyl (C=O) groups is 2. The van der Waals surface area contributed by atoms with Gasteiger partial charge in [0.15, 0.2) is 0 Å². The van der Waals surface area contributed by atoms with Gasteiger partial charge in [0.05, 0.1) is 5.69 Å². The molecule has 9 heteroatoms. The first-order valence-electron chi connectivity index (χ1n) is 12.2. The standard InChI is InChI=1S/C26H36N6O3/c1-26(2,3)35-25(34)32-16-18-14-21(32)24(33)31(4)13-7-12-28-23-17(15-27)8-5-9-19(23)20-10-6-11-22(29-18)30-20/h5-6,8-11,18,21,28H,7,12-16,27H2,1-4H3,(H,29,30). The van der Waals surface area contributed by atoms with Crippen LogP contribution < -0.4 is 16.4 Å². The van der Waals surface area contributed by atoms with E-state index in [0.29, 0.717) is 38.4 Å². The number of hydrogen-bond donors (Lipinski definition) is 3. The van der Waals surface area contributed by atoms with Gasteiger partial charge in [-0.05, 0) is 51.3 Å². The van der Waals surface area contributed by atoms with Gasteiger partial charge in [-0.15, -0.1) is 0 Å². The smallest absolute Gasteiger partial charge is 0.411 e. The zero-order valence-corrected chi connectivity index (χ0v) is 21.0. The molecule has 188 valence electrons. The second-order valence-electron chi connectivity index (χ2n) is 10.2. The first kappa shape index (κ1) is 24.8. The number of benzene rings is 1. The third-order valence-electron chi connectivity index (χ3n) is 6.31. The van der Waals surface area contributed by atoms with Crippen LogP contribution in [0.15, 0.2) is 36.4 Å². The fourth-order valence-corrected chi connectivity index (χ4v) is 4.66. The van der Waals surface area contributed by atoms with Crippen molar-refractivity contribution in [1.82, 2.24) is 14.8 Å². The number of amides is 2. The first-order chi connectivity index (χ1) is 16.7. The number of likely N-dealkylation sites (N-methyl/N-ethyl adjacent to an activating group) is 1. The molecule has 2 amide bonds. The van der Waals surface area contributed by atoms with Crippen molar-refractivity contribution in [3.05, 3.63) is 42.0 Å². The molecule has 0 radical (unpaired) electrons. The Morgan fingerprint density at radius 1 is 1.23 bits per heavy atom. The largest absolute Gasteiger partial charge is 0.444 e. The lowest BCUT2D eigenvalue weighted by Gasteiger charge is -2.30. The third-order valence-corrected chi connectivity index (χ3v) is 6.31. The van der Waals surface area contributed by atoms with Gasteiger partial charge in [0.1, 0.15) is 17.5 Å². The van der Waals surface area contributed by atoms with Crippen LogP contribution in [-0.4, -0.2) is 71.2 Å². The Morgan fingerprint density at radius 2 is 2.00 bits per heavy atom. The monoisotopic (exact) mass is 480 g/mol. The van der Waals surface area contributed by atoms with Crippen molar-refractivity contribution < 1.29 is 14.3 Å². The number of likely N-dealkylation sites (tertiary alicyclic amines) is 1. The number of nitrogens with one attached hydrogen (secondary N) is 2. The molecule has 1 aromatic heterocycles. The molecular weight excluding hydrogens is 444 g/mol. The molecule has 2 unspecified atom stereocenters. The van der Waals surface area contributed by atoms with Gasteiger partial charge in [0.25, 0.3) is 0 Å². The summed E-state index contributed by atoms with van der Waals surface area (Å²) >= 11 is 0. The van der Waals surface area contributed by atoms with E-state index in [-0.39, 0.29) is 11.9 Å². The van der Waals surface area contributed by atoms with Crippen molar-refractivity contribution in [1.29, 1.82) is 0 Å². The summed E-state index contributed by atoms with van der Waals surface area (Å²) in [7, 11) is 1.79. The highest BCUT2D eigenvalue weighted by atomic mass is 16.6. The zero-order valence-electron chi connectivity index (χ0n) is 21.0. The van der Waals surface area contributed by atoms with Crippen LogP contribution >= 0.6 is 0 Å². The van der Waals surface area contributed by atoms with Gasteiger partial charge in [0.2, 0.25) is 5.91 Å². The van der Waals surface area contributed by atoms with Crippen molar-refractivity contribution in [3.8, 4) is 11.3 Å². The van der Waals surface area contributed by atoms with Gasteiger partial charge in [-0.2, -0.15) is 0 Å². The normalized spacial score (nSPS) is 20.8. The molecule has 3 heterocycles. The minimum absolute atomic E-state index is 0.0835. The number of fused-ring (bicyclic) bond motifs is 6. The third kappa shape index (κ3) is 5.67. The van der Waals surface area contributed by atoms with Crippen molar-refractivity contribution in [3.63, 3.8) is 0 Å². The summed E-state index contributed by atoms with van der Waals surface area (Å²) in [6.45, 7) is 7.49. The van der Waals surface area contributed by atoms with Crippen LogP contribution in [0.4, 0.5) is 16.3 Å². The van der Waals surface area contributed by atoms with Crippen molar-refractivity contribution >= 4 is 23.5 Å². The quantitative estimate of drug-likeness (QED) is 0.574. The van der Waals surface area contributed by atoms with Crippen LogP contribution in [0.25, 0.3) is 11.3 Å². The lowest BCUT2D eigenvalue weighted by molar-refractivity contribution is -0.134. The summed E-state index contributed by atoms with van der Waals surface area (Å²) in [5.41, 5.74) is 9.18. The van der Waals surface area contributed by atoms with Gasteiger partial charge >= 0.3 is 6.09 Å². The van der Waals surface area contributed by atoms with Gasteiger partial charge in [-0.3, -0.25) is 9.69 Å². The van der Waals surface area contributed by atoms with E-state index in [1.165, 1.54) is 0 Å². The predicted molar refractivity (Wildman–Crippen MR) is 137 cm³/mol. The highest BCUT2D eigenvalue weighted by molar-refractivity contribution is 5.86. The second kappa shape index (κ2) is 10.1. The molecule has 0 aliphatic carbocycles. The minimum Gasteiger partial charge on any atom is -0.444 e. The number of nitrogens with two attached hydrogens (primary N) is 1. The fourth-order valence-electron chi connectivity index (χ4n) is 4.66. The molecule has 2 aromatic rings. The average Bonchev–Trinajstić information content (AvgIpc) is 3.23. The molecule has 1 fully saturated rings. The molecule has 2 atom stereocenters. The highest BCUT2D eigenvalue weighted by Crippen LogP contribution is 2.32. The molecule has 2 aliphatic heterocycles. The maximum absolute atomic E-state index is 13.4. The Morgan fingerprint density at radius 3 is 2.74 bits per heavy atom. The van der Waals surface area contributed by atoms with Crippen LogP contribution in [0.3, 0.4) is 0 Å². The second-order valence-corrected chi connectivity index (χ2v) is 10.2. The molecule has 2 aliphatic rings. The number of nitrogens with zero attached hydrogens (tertiary/aromatic N) is 3. The number of aromatic nitrogens is 1. The number of pyridine rings is 1. The Hall–Kier alpha value is -3.33. The summed E-state index contributed by atoms with van der Waals surface area (Å²) < 4.78 is 5.62. The average molecular weight is 481 g/mol. The van der Waals surface area contributed by atoms with E-state index in [1.807, 2.05) is 57.2 Å². The molecule has 4 N–H and O–H groups in total. The van der Waals surface area contributed by atoms with E-state index in [9.17, 15) is 9.59 Å². The lowest BCUT2D eigenvalue weighted by Crippen LogP contribution is -2.48.